The van der Waals surface area contributed by atoms with Crippen molar-refractivity contribution in [3.8, 4) is 5.75 Å². The maximum Gasteiger partial charge on any atom is 0.336 e. The Kier molecular flexibility index (Phi) is 6.55. The van der Waals surface area contributed by atoms with E-state index in [-0.39, 0.29) is 23.8 Å². The number of aromatic hydroxyl groups is 1. The lowest BCUT2D eigenvalue weighted by molar-refractivity contribution is 0.218. The second-order valence-corrected chi connectivity index (χ2v) is 6.65. The Morgan fingerprint density at radius 1 is 1.25 bits per heavy atom. The van der Waals surface area contributed by atoms with Gasteiger partial charge in [0.05, 0.1) is 10.6 Å². The number of hydrogen-bond acceptors (Lipinski definition) is 4. The molecule has 0 radical (unpaired) electrons. The highest BCUT2D eigenvalue weighted by atomic mass is 35.5. The first kappa shape index (κ1) is 19.1. The zero-order valence-electron chi connectivity index (χ0n) is 13.8. The van der Waals surface area contributed by atoms with Crippen LogP contribution in [0.1, 0.15) is 43.7 Å². The Morgan fingerprint density at radius 3 is 2.62 bits per heavy atom. The number of nitrogens with zero attached hydrogens (tertiary/aromatic N) is 1. The Bertz CT molecular complexity index is 767. The molecule has 2 aromatic rings. The molecule has 132 valence electrons. The summed E-state index contributed by atoms with van der Waals surface area (Å²) in [4.78, 5) is 14.2. The summed E-state index contributed by atoms with van der Waals surface area (Å²) in [5, 5.41) is 11.6. The van der Waals surface area contributed by atoms with Crippen LogP contribution in [-0.4, -0.2) is 23.1 Å². The summed E-state index contributed by atoms with van der Waals surface area (Å²) < 4.78 is 5.46. The molecule has 1 aromatic carbocycles. The highest BCUT2D eigenvalue weighted by molar-refractivity contribution is 6.33. The fourth-order valence-electron chi connectivity index (χ4n) is 3.34. The van der Waals surface area contributed by atoms with Gasteiger partial charge in [-0.3, -0.25) is 4.90 Å². The lowest BCUT2D eigenvalue weighted by Gasteiger charge is -2.27. The molecule has 0 spiro atoms. The molecule has 2 heterocycles. The smallest absolute Gasteiger partial charge is 0.336 e. The maximum absolute atomic E-state index is 11.9. The van der Waals surface area contributed by atoms with Gasteiger partial charge < -0.3 is 9.52 Å². The van der Waals surface area contributed by atoms with Crippen molar-refractivity contribution in [2.24, 2.45) is 0 Å². The van der Waals surface area contributed by atoms with Crippen LogP contribution in [0.25, 0.3) is 11.0 Å². The average Bonchev–Trinajstić information content (AvgIpc) is 2.54. The molecule has 0 saturated carbocycles. The summed E-state index contributed by atoms with van der Waals surface area (Å²) in [5.41, 5.74) is 1.67. The summed E-state index contributed by atoms with van der Waals surface area (Å²) in [6.07, 6.45) is 5.27. The fraction of sp³-hybridized carbons (Fsp3) is 0.500. The summed E-state index contributed by atoms with van der Waals surface area (Å²) in [7, 11) is 0. The molecule has 1 aliphatic heterocycles. The van der Waals surface area contributed by atoms with Gasteiger partial charge in [-0.15, -0.1) is 12.4 Å². The van der Waals surface area contributed by atoms with Crippen molar-refractivity contribution in [1.82, 2.24) is 4.90 Å². The van der Waals surface area contributed by atoms with Crippen LogP contribution in [0.5, 0.6) is 5.75 Å². The predicted molar refractivity (Wildman–Crippen MR) is 99.5 cm³/mol. The number of fused-ring (bicyclic) bond motifs is 1. The Balaban J connectivity index is 0.00000208. The van der Waals surface area contributed by atoms with E-state index >= 15 is 0 Å². The normalized spacial score (nSPS) is 15.4. The van der Waals surface area contributed by atoms with Crippen LogP contribution in [0.15, 0.2) is 21.3 Å². The Hall–Kier alpha value is -1.23. The number of piperidine rings is 1. The molecule has 6 heteroatoms. The molecule has 4 nitrogen and oxygen atoms in total. The highest BCUT2D eigenvalue weighted by Gasteiger charge is 2.20. The number of phenols is 1. The highest BCUT2D eigenvalue weighted by Crippen LogP contribution is 2.36. The number of rotatable bonds is 4. The molecule has 0 amide bonds. The number of halogens is 2. The van der Waals surface area contributed by atoms with Crippen molar-refractivity contribution in [1.29, 1.82) is 0 Å². The van der Waals surface area contributed by atoms with Crippen molar-refractivity contribution in [3.05, 3.63) is 38.7 Å². The van der Waals surface area contributed by atoms with Gasteiger partial charge in [0.15, 0.2) is 0 Å². The molecular weight excluding hydrogens is 349 g/mol. The van der Waals surface area contributed by atoms with Gasteiger partial charge in [-0.05, 0) is 44.0 Å². The van der Waals surface area contributed by atoms with Crippen LogP contribution >= 0.6 is 24.0 Å². The first-order valence-corrected chi connectivity index (χ1v) is 8.67. The number of benzene rings is 1. The van der Waals surface area contributed by atoms with Crippen LogP contribution in [0.4, 0.5) is 0 Å². The van der Waals surface area contributed by atoms with Crippen LogP contribution in [0.2, 0.25) is 5.02 Å². The lowest BCUT2D eigenvalue weighted by atomic mass is 10.0. The fourth-order valence-corrected chi connectivity index (χ4v) is 3.57. The molecule has 1 aromatic heterocycles. The zero-order chi connectivity index (χ0) is 16.4. The van der Waals surface area contributed by atoms with Gasteiger partial charge in [-0.2, -0.15) is 0 Å². The minimum absolute atomic E-state index is 0. The third kappa shape index (κ3) is 3.88. The van der Waals surface area contributed by atoms with Crippen LogP contribution in [0.3, 0.4) is 0 Å². The molecule has 0 aliphatic carbocycles. The summed E-state index contributed by atoms with van der Waals surface area (Å²) in [6, 6.07) is 3.24. The predicted octanol–water partition coefficient (Wildman–Crippen LogP) is 4.51. The van der Waals surface area contributed by atoms with E-state index in [0.29, 0.717) is 22.7 Å². The number of phenolic OH excluding ortho intramolecular Hbond substituents is 1. The molecule has 1 aliphatic rings. The zero-order valence-corrected chi connectivity index (χ0v) is 15.4. The van der Waals surface area contributed by atoms with Gasteiger partial charge in [0.2, 0.25) is 0 Å². The van der Waals surface area contributed by atoms with E-state index in [1.807, 2.05) is 0 Å². The minimum Gasteiger partial charge on any atom is -0.506 e. The molecule has 0 atom stereocenters. The first-order valence-electron chi connectivity index (χ1n) is 8.29. The van der Waals surface area contributed by atoms with Crippen LogP contribution in [0, 0.1) is 0 Å². The minimum atomic E-state index is -0.373. The quantitative estimate of drug-likeness (QED) is 0.803. The van der Waals surface area contributed by atoms with Crippen LogP contribution < -0.4 is 5.63 Å². The number of likely N-dealkylation sites (tertiary alicyclic amines) is 1. The third-order valence-corrected chi connectivity index (χ3v) is 4.78. The molecular formula is C18H23Cl2NO3. The molecule has 0 unspecified atom stereocenters. The van der Waals surface area contributed by atoms with Crippen molar-refractivity contribution >= 4 is 35.0 Å². The van der Waals surface area contributed by atoms with E-state index in [1.165, 1.54) is 12.5 Å². The van der Waals surface area contributed by atoms with E-state index in [1.54, 1.807) is 6.07 Å². The topological polar surface area (TPSA) is 53.7 Å². The monoisotopic (exact) mass is 371 g/mol. The third-order valence-electron chi connectivity index (χ3n) is 4.49. The molecule has 1 fully saturated rings. The molecule has 0 bridgehead atoms. The first-order chi connectivity index (χ1) is 11.1. The molecule has 3 rings (SSSR count). The second kappa shape index (κ2) is 8.24. The van der Waals surface area contributed by atoms with Gasteiger partial charge in [0.25, 0.3) is 0 Å². The Labute approximate surface area is 152 Å². The average molecular weight is 372 g/mol. The summed E-state index contributed by atoms with van der Waals surface area (Å²) in [5.74, 6) is 0.0292. The van der Waals surface area contributed by atoms with Gasteiger partial charge in [0, 0.05) is 18.0 Å². The van der Waals surface area contributed by atoms with Gasteiger partial charge in [-0.25, -0.2) is 4.79 Å². The lowest BCUT2D eigenvalue weighted by Crippen LogP contribution is -2.29. The maximum atomic E-state index is 11.9. The van der Waals surface area contributed by atoms with Gasteiger partial charge >= 0.3 is 5.63 Å². The summed E-state index contributed by atoms with van der Waals surface area (Å²) in [6.45, 7) is 4.61. The van der Waals surface area contributed by atoms with Gasteiger partial charge in [0.1, 0.15) is 11.3 Å². The van der Waals surface area contributed by atoms with Crippen molar-refractivity contribution < 1.29 is 9.52 Å². The van der Waals surface area contributed by atoms with E-state index in [9.17, 15) is 9.90 Å². The van der Waals surface area contributed by atoms with E-state index in [0.717, 1.165) is 49.7 Å². The standard InChI is InChI=1S/C18H22ClNO3.ClH/c1-2-6-12-9-16(21)23-18-13(12)10-15(19)17(22)14(18)11-20-7-4-3-5-8-20;/h9-10,22H,2-8,11H2,1H3;1H. The van der Waals surface area contributed by atoms with Gasteiger partial charge in [-0.1, -0.05) is 31.4 Å². The second-order valence-electron chi connectivity index (χ2n) is 6.24. The largest absolute Gasteiger partial charge is 0.506 e. The SMILES string of the molecule is CCCc1cc(=O)oc2c(CN3CCCCC3)c(O)c(Cl)cc12.Cl. The number of hydrogen-bond donors (Lipinski definition) is 1. The molecule has 1 saturated heterocycles. The number of aryl methyl sites for hydroxylation is 1. The van der Waals surface area contributed by atoms with E-state index < -0.39 is 0 Å². The molecule has 1 N–H and O–H groups in total. The summed E-state index contributed by atoms with van der Waals surface area (Å²) >= 11 is 6.23. The van der Waals surface area contributed by atoms with Crippen molar-refractivity contribution in [3.63, 3.8) is 0 Å². The molecule has 24 heavy (non-hydrogen) atoms. The van der Waals surface area contributed by atoms with Crippen molar-refractivity contribution in [2.75, 3.05) is 13.1 Å². The van der Waals surface area contributed by atoms with Crippen LogP contribution in [-0.2, 0) is 13.0 Å². The van der Waals surface area contributed by atoms with Crippen molar-refractivity contribution in [2.45, 2.75) is 45.6 Å². The van der Waals surface area contributed by atoms with E-state index in [4.69, 9.17) is 16.0 Å². The Morgan fingerprint density at radius 2 is 1.96 bits per heavy atom. The van der Waals surface area contributed by atoms with E-state index in [2.05, 4.69) is 11.8 Å².